The Hall–Kier alpha value is -2.88. The second-order valence-corrected chi connectivity index (χ2v) is 7.99. The third kappa shape index (κ3) is 2.76. The summed E-state index contributed by atoms with van der Waals surface area (Å²) in [5.41, 5.74) is 4.68. The van der Waals surface area contributed by atoms with Gasteiger partial charge in [0.05, 0.1) is 6.04 Å². The Morgan fingerprint density at radius 1 is 1.07 bits per heavy atom. The molecule has 136 valence electrons. The van der Waals surface area contributed by atoms with Crippen molar-refractivity contribution in [3.63, 3.8) is 0 Å². The SMILES string of the molecule is CC1(c2ccccc2C(=O)N2Cc3ccccc3C(n3cccn3)C2)CC1. The molecule has 27 heavy (non-hydrogen) atoms. The van der Waals surface area contributed by atoms with Crippen molar-refractivity contribution in [2.75, 3.05) is 6.54 Å². The highest BCUT2D eigenvalue weighted by atomic mass is 16.2. The van der Waals surface area contributed by atoms with Crippen LogP contribution in [-0.2, 0) is 12.0 Å². The highest BCUT2D eigenvalue weighted by molar-refractivity contribution is 5.96. The molecule has 0 saturated heterocycles. The third-order valence-corrected chi connectivity index (χ3v) is 6.11. The van der Waals surface area contributed by atoms with E-state index in [2.05, 4.69) is 36.3 Å². The summed E-state index contributed by atoms with van der Waals surface area (Å²) >= 11 is 0. The number of hydrogen-bond donors (Lipinski definition) is 0. The minimum Gasteiger partial charge on any atom is -0.332 e. The Morgan fingerprint density at radius 3 is 2.63 bits per heavy atom. The standard InChI is InChI=1S/C23H23N3O/c1-23(11-12-23)20-10-5-4-9-19(20)22(27)25-15-17-7-2-3-8-18(17)21(16-25)26-14-6-13-24-26/h2-10,13-14,21H,11-12,15-16H2,1H3. The first-order valence-electron chi connectivity index (χ1n) is 9.61. The lowest BCUT2D eigenvalue weighted by Crippen LogP contribution is -2.41. The topological polar surface area (TPSA) is 38.1 Å². The fourth-order valence-electron chi connectivity index (χ4n) is 4.25. The molecule has 4 heteroatoms. The zero-order valence-electron chi connectivity index (χ0n) is 15.5. The maximum absolute atomic E-state index is 13.5. The fourth-order valence-corrected chi connectivity index (χ4v) is 4.25. The van der Waals surface area contributed by atoms with E-state index < -0.39 is 0 Å². The molecule has 2 aromatic carbocycles. The van der Waals surface area contributed by atoms with Crippen LogP contribution in [0.25, 0.3) is 0 Å². The van der Waals surface area contributed by atoms with E-state index in [1.165, 1.54) is 16.7 Å². The van der Waals surface area contributed by atoms with E-state index in [0.717, 1.165) is 18.4 Å². The van der Waals surface area contributed by atoms with Crippen LogP contribution in [0.3, 0.4) is 0 Å². The number of benzene rings is 2. The van der Waals surface area contributed by atoms with Crippen LogP contribution in [0.2, 0.25) is 0 Å². The number of amides is 1. The van der Waals surface area contributed by atoms with E-state index >= 15 is 0 Å². The largest absolute Gasteiger partial charge is 0.332 e. The first-order chi connectivity index (χ1) is 13.2. The highest BCUT2D eigenvalue weighted by Crippen LogP contribution is 2.49. The van der Waals surface area contributed by atoms with E-state index in [1.807, 2.05) is 46.1 Å². The number of rotatable bonds is 3. The van der Waals surface area contributed by atoms with Crippen LogP contribution in [0.4, 0.5) is 0 Å². The van der Waals surface area contributed by atoms with Gasteiger partial charge < -0.3 is 4.90 Å². The summed E-state index contributed by atoms with van der Waals surface area (Å²) in [6.45, 7) is 3.55. The molecule has 1 fully saturated rings. The Balaban J connectivity index is 1.53. The van der Waals surface area contributed by atoms with Gasteiger partial charge in [0.25, 0.3) is 5.91 Å². The van der Waals surface area contributed by atoms with Gasteiger partial charge in [-0.25, -0.2) is 0 Å². The van der Waals surface area contributed by atoms with Crippen LogP contribution in [0, 0.1) is 0 Å². The minimum absolute atomic E-state index is 0.0533. The van der Waals surface area contributed by atoms with Crippen molar-refractivity contribution in [2.45, 2.75) is 37.8 Å². The molecule has 0 bridgehead atoms. The van der Waals surface area contributed by atoms with Crippen molar-refractivity contribution in [1.29, 1.82) is 0 Å². The average Bonchev–Trinajstić information content (AvgIpc) is 3.23. The lowest BCUT2D eigenvalue weighted by molar-refractivity contribution is 0.0704. The normalized spacial score (nSPS) is 20.2. The number of carbonyl (C=O) groups excluding carboxylic acids is 1. The van der Waals surface area contributed by atoms with Gasteiger partial charge >= 0.3 is 0 Å². The van der Waals surface area contributed by atoms with Gasteiger partial charge in [-0.15, -0.1) is 0 Å². The molecule has 3 aromatic rings. The molecule has 2 heterocycles. The van der Waals surface area contributed by atoms with Gasteiger partial charge in [-0.05, 0) is 47.1 Å². The van der Waals surface area contributed by atoms with E-state index in [9.17, 15) is 4.79 Å². The number of carbonyl (C=O) groups is 1. The number of aromatic nitrogens is 2. The van der Waals surface area contributed by atoms with Crippen molar-refractivity contribution < 1.29 is 4.79 Å². The van der Waals surface area contributed by atoms with E-state index in [0.29, 0.717) is 13.1 Å². The summed E-state index contributed by atoms with van der Waals surface area (Å²) in [4.78, 5) is 15.5. The first-order valence-corrected chi connectivity index (χ1v) is 9.61. The molecule has 0 N–H and O–H groups in total. The predicted molar refractivity (Wildman–Crippen MR) is 105 cm³/mol. The Bertz CT molecular complexity index is 988. The highest BCUT2D eigenvalue weighted by Gasteiger charge is 2.42. The molecule has 2 aliphatic rings. The van der Waals surface area contributed by atoms with Gasteiger partial charge in [-0.3, -0.25) is 9.48 Å². The maximum Gasteiger partial charge on any atom is 0.254 e. The summed E-state index contributed by atoms with van der Waals surface area (Å²) in [7, 11) is 0. The van der Waals surface area contributed by atoms with Crippen LogP contribution in [0.5, 0.6) is 0 Å². The second-order valence-electron chi connectivity index (χ2n) is 7.99. The summed E-state index contributed by atoms with van der Waals surface area (Å²) in [5.74, 6) is 0.130. The number of fused-ring (bicyclic) bond motifs is 1. The predicted octanol–water partition coefficient (Wildman–Crippen LogP) is 4.18. The van der Waals surface area contributed by atoms with Crippen LogP contribution >= 0.6 is 0 Å². The van der Waals surface area contributed by atoms with E-state index in [4.69, 9.17) is 0 Å². The summed E-state index contributed by atoms with van der Waals surface area (Å²) in [5, 5.41) is 4.45. The maximum atomic E-state index is 13.5. The smallest absolute Gasteiger partial charge is 0.254 e. The van der Waals surface area contributed by atoms with Gasteiger partial charge in [0.1, 0.15) is 0 Å². The molecule has 1 aliphatic heterocycles. The van der Waals surface area contributed by atoms with Gasteiger partial charge in [0.15, 0.2) is 0 Å². The van der Waals surface area contributed by atoms with Crippen molar-refractivity contribution in [3.05, 3.63) is 89.2 Å². The summed E-state index contributed by atoms with van der Waals surface area (Å²) in [6, 6.07) is 18.5. The molecule has 0 radical (unpaired) electrons. The summed E-state index contributed by atoms with van der Waals surface area (Å²) < 4.78 is 1.96. The lowest BCUT2D eigenvalue weighted by atomic mass is 9.91. The molecule has 4 nitrogen and oxygen atoms in total. The van der Waals surface area contributed by atoms with Gasteiger partial charge in [-0.2, -0.15) is 5.10 Å². The average molecular weight is 357 g/mol. The molecule has 1 saturated carbocycles. The van der Waals surface area contributed by atoms with Crippen molar-refractivity contribution >= 4 is 5.91 Å². The fraction of sp³-hybridized carbons (Fsp3) is 0.304. The van der Waals surface area contributed by atoms with E-state index in [-0.39, 0.29) is 17.4 Å². The zero-order valence-corrected chi connectivity index (χ0v) is 15.5. The van der Waals surface area contributed by atoms with Crippen molar-refractivity contribution in [3.8, 4) is 0 Å². The Labute approximate surface area is 159 Å². The molecule has 1 aromatic heterocycles. The van der Waals surface area contributed by atoms with Crippen LogP contribution in [0.1, 0.15) is 52.9 Å². The molecule has 1 unspecified atom stereocenters. The minimum atomic E-state index is 0.0533. The first kappa shape index (κ1) is 16.3. The molecular formula is C23H23N3O. The van der Waals surface area contributed by atoms with Crippen molar-refractivity contribution in [2.24, 2.45) is 0 Å². The molecule has 0 spiro atoms. The van der Waals surface area contributed by atoms with E-state index in [1.54, 1.807) is 6.20 Å². The second kappa shape index (κ2) is 6.08. The molecule has 5 rings (SSSR count). The molecule has 1 aliphatic carbocycles. The van der Waals surface area contributed by atoms with Crippen LogP contribution in [-0.4, -0.2) is 27.1 Å². The van der Waals surface area contributed by atoms with Gasteiger partial charge in [-0.1, -0.05) is 49.4 Å². The quantitative estimate of drug-likeness (QED) is 0.705. The van der Waals surface area contributed by atoms with Crippen LogP contribution in [0.15, 0.2) is 67.0 Å². The number of hydrogen-bond acceptors (Lipinski definition) is 2. The molecule has 1 atom stereocenters. The van der Waals surface area contributed by atoms with Crippen LogP contribution < -0.4 is 0 Å². The monoisotopic (exact) mass is 357 g/mol. The summed E-state index contributed by atoms with van der Waals surface area (Å²) in [6.07, 6.45) is 6.10. The Morgan fingerprint density at radius 2 is 1.85 bits per heavy atom. The van der Waals surface area contributed by atoms with Gasteiger partial charge in [0.2, 0.25) is 0 Å². The van der Waals surface area contributed by atoms with Crippen molar-refractivity contribution in [1.82, 2.24) is 14.7 Å². The third-order valence-electron chi connectivity index (χ3n) is 6.11. The van der Waals surface area contributed by atoms with Gasteiger partial charge in [0, 0.05) is 31.0 Å². The Kier molecular flexibility index (Phi) is 3.67. The zero-order chi connectivity index (χ0) is 18.4. The lowest BCUT2D eigenvalue weighted by Gasteiger charge is -2.35. The number of nitrogens with zero attached hydrogens (tertiary/aromatic N) is 3. The molecular weight excluding hydrogens is 334 g/mol. The molecule has 1 amide bonds.